The van der Waals surface area contributed by atoms with Crippen molar-refractivity contribution in [3.8, 4) is 11.1 Å². The molecule has 2 amide bonds. The molecule has 0 fully saturated rings. The largest absolute Gasteiger partial charge is 0.325 e. The van der Waals surface area contributed by atoms with E-state index >= 15 is 0 Å². The van der Waals surface area contributed by atoms with Gasteiger partial charge in [0.05, 0.1) is 11.5 Å². The SMILES string of the molecule is CCCc1cc(=O)[nH]c(SCC(=O)Nc2ccc(-c3ccc(NC(=O)CSc4nc(CCC)cc(=O)[nH]4)cc3)cc2)n1. The Hall–Kier alpha value is -4.16. The summed E-state index contributed by atoms with van der Waals surface area (Å²) in [5, 5.41) is 6.58. The van der Waals surface area contributed by atoms with Crippen LogP contribution in [0, 0.1) is 0 Å². The highest BCUT2D eigenvalue weighted by Crippen LogP contribution is 2.24. The minimum atomic E-state index is -0.221. The maximum atomic E-state index is 12.4. The summed E-state index contributed by atoms with van der Waals surface area (Å²) in [5.41, 5.74) is 4.21. The number of nitrogens with one attached hydrogen (secondary N) is 4. The fourth-order valence-corrected chi connectivity index (χ4v) is 5.42. The second kappa shape index (κ2) is 15.2. The maximum Gasteiger partial charge on any atom is 0.251 e. The Kier molecular flexibility index (Phi) is 11.1. The van der Waals surface area contributed by atoms with Gasteiger partial charge in [-0.2, -0.15) is 0 Å². The van der Waals surface area contributed by atoms with Gasteiger partial charge in [-0.3, -0.25) is 19.2 Å². The lowest BCUT2D eigenvalue weighted by Gasteiger charge is -2.09. The molecule has 0 radical (unpaired) electrons. The molecule has 4 rings (SSSR count). The van der Waals surface area contributed by atoms with Crippen molar-refractivity contribution in [2.75, 3.05) is 22.1 Å². The molecule has 0 saturated carbocycles. The van der Waals surface area contributed by atoms with Gasteiger partial charge >= 0.3 is 0 Å². The summed E-state index contributed by atoms with van der Waals surface area (Å²) in [4.78, 5) is 62.6. The van der Waals surface area contributed by atoms with E-state index in [1.807, 2.05) is 62.4 Å². The number of anilines is 2. The van der Waals surface area contributed by atoms with E-state index in [-0.39, 0.29) is 34.4 Å². The van der Waals surface area contributed by atoms with Crippen molar-refractivity contribution < 1.29 is 9.59 Å². The summed E-state index contributed by atoms with van der Waals surface area (Å²) in [6.07, 6.45) is 3.19. The molecule has 218 valence electrons. The van der Waals surface area contributed by atoms with Gasteiger partial charge in [0.2, 0.25) is 11.8 Å². The van der Waals surface area contributed by atoms with Crippen molar-refractivity contribution in [3.05, 3.63) is 92.8 Å². The molecule has 4 N–H and O–H groups in total. The van der Waals surface area contributed by atoms with E-state index in [2.05, 4.69) is 30.6 Å². The predicted octanol–water partition coefficient (Wildman–Crippen LogP) is 4.89. The number of nitrogens with zero attached hydrogens (tertiary/aromatic N) is 2. The Morgan fingerprint density at radius 1 is 0.667 bits per heavy atom. The monoisotopic (exact) mass is 604 g/mol. The number of aromatic nitrogens is 4. The second-order valence-corrected chi connectivity index (χ2v) is 11.3. The van der Waals surface area contributed by atoms with E-state index in [4.69, 9.17) is 0 Å². The molecule has 0 aliphatic heterocycles. The first-order valence-electron chi connectivity index (χ1n) is 13.6. The fraction of sp³-hybridized carbons (Fsp3) is 0.267. The van der Waals surface area contributed by atoms with Gasteiger partial charge in [-0.15, -0.1) is 0 Å². The fourth-order valence-electron chi connectivity index (χ4n) is 4.03. The summed E-state index contributed by atoms with van der Waals surface area (Å²) in [5.74, 6) is -0.173. The number of benzene rings is 2. The standard InChI is InChI=1S/C30H32N6O4S2/c1-3-5-23-15-25(37)35-29(33-23)41-17-27(39)31-21-11-7-19(8-12-21)20-9-13-22(14-10-20)32-28(40)18-42-30-34-24(6-4-2)16-26(38)36-30/h7-16H,3-6,17-18H2,1-2H3,(H,31,39)(H,32,40)(H,33,35,37)(H,34,36,38). The third-order valence-corrected chi connectivity index (χ3v) is 7.66. The molecule has 4 aromatic rings. The van der Waals surface area contributed by atoms with Crippen LogP contribution in [-0.4, -0.2) is 43.3 Å². The minimum absolute atomic E-state index is 0.117. The van der Waals surface area contributed by atoms with Crippen LogP contribution in [0.4, 0.5) is 11.4 Å². The smallest absolute Gasteiger partial charge is 0.251 e. The Bertz CT molecular complexity index is 1510. The molecule has 10 nitrogen and oxygen atoms in total. The average molecular weight is 605 g/mol. The summed E-state index contributed by atoms with van der Waals surface area (Å²) < 4.78 is 0. The Morgan fingerprint density at radius 3 is 1.40 bits per heavy atom. The van der Waals surface area contributed by atoms with E-state index < -0.39 is 0 Å². The Morgan fingerprint density at radius 2 is 1.05 bits per heavy atom. The number of aromatic amines is 2. The van der Waals surface area contributed by atoms with Gasteiger partial charge in [0, 0.05) is 34.9 Å². The molecular weight excluding hydrogens is 573 g/mol. The summed E-state index contributed by atoms with van der Waals surface area (Å²) in [6, 6.07) is 17.9. The highest BCUT2D eigenvalue weighted by Gasteiger charge is 2.09. The van der Waals surface area contributed by atoms with Crippen LogP contribution in [0.25, 0.3) is 11.1 Å². The molecule has 2 heterocycles. The Balaban J connectivity index is 1.26. The minimum Gasteiger partial charge on any atom is -0.325 e. The third kappa shape index (κ3) is 9.45. The molecule has 0 spiro atoms. The number of aryl methyl sites for hydroxylation is 2. The topological polar surface area (TPSA) is 150 Å². The van der Waals surface area contributed by atoms with Crippen LogP contribution in [0.15, 0.2) is 80.6 Å². The number of hydrogen-bond donors (Lipinski definition) is 4. The van der Waals surface area contributed by atoms with Crippen LogP contribution in [0.1, 0.15) is 38.1 Å². The van der Waals surface area contributed by atoms with Gasteiger partial charge in [-0.05, 0) is 48.2 Å². The average Bonchev–Trinajstić information content (AvgIpc) is 2.96. The maximum absolute atomic E-state index is 12.4. The number of amides is 2. The molecule has 2 aromatic carbocycles. The first kappa shape index (κ1) is 30.8. The van der Waals surface area contributed by atoms with Gasteiger partial charge < -0.3 is 20.6 Å². The lowest BCUT2D eigenvalue weighted by molar-refractivity contribution is -0.114. The number of hydrogen-bond acceptors (Lipinski definition) is 8. The lowest BCUT2D eigenvalue weighted by Crippen LogP contribution is -2.16. The first-order valence-corrected chi connectivity index (χ1v) is 15.5. The van der Waals surface area contributed by atoms with E-state index in [0.717, 1.165) is 24.0 Å². The van der Waals surface area contributed by atoms with Gasteiger partial charge in [-0.25, -0.2) is 9.97 Å². The summed E-state index contributed by atoms with van der Waals surface area (Å²) >= 11 is 2.37. The number of H-pyrrole nitrogens is 2. The zero-order valence-electron chi connectivity index (χ0n) is 23.4. The van der Waals surface area contributed by atoms with Crippen molar-refractivity contribution >= 4 is 46.7 Å². The molecule has 0 aliphatic carbocycles. The van der Waals surface area contributed by atoms with Crippen molar-refractivity contribution in [1.82, 2.24) is 19.9 Å². The van der Waals surface area contributed by atoms with Gasteiger partial charge in [-0.1, -0.05) is 74.5 Å². The van der Waals surface area contributed by atoms with Gasteiger partial charge in [0.1, 0.15) is 0 Å². The highest BCUT2D eigenvalue weighted by molar-refractivity contribution is 8.00. The van der Waals surface area contributed by atoms with E-state index in [9.17, 15) is 19.2 Å². The molecule has 0 unspecified atom stereocenters. The quantitative estimate of drug-likeness (QED) is 0.125. The summed E-state index contributed by atoms with van der Waals surface area (Å²) in [7, 11) is 0. The molecule has 0 atom stereocenters. The Labute approximate surface area is 251 Å². The molecule has 2 aromatic heterocycles. The van der Waals surface area contributed by atoms with Crippen LogP contribution >= 0.6 is 23.5 Å². The van der Waals surface area contributed by atoms with E-state index in [1.54, 1.807) is 0 Å². The van der Waals surface area contributed by atoms with Crippen LogP contribution in [0.5, 0.6) is 0 Å². The normalized spacial score (nSPS) is 10.8. The molecule has 0 saturated heterocycles. The van der Waals surface area contributed by atoms with E-state index in [1.165, 1.54) is 35.7 Å². The second-order valence-electron chi connectivity index (χ2n) is 9.41. The van der Waals surface area contributed by atoms with Crippen LogP contribution < -0.4 is 21.8 Å². The van der Waals surface area contributed by atoms with Crippen molar-refractivity contribution in [2.24, 2.45) is 0 Å². The van der Waals surface area contributed by atoms with E-state index in [0.29, 0.717) is 45.9 Å². The number of carbonyl (C=O) groups excluding carboxylic acids is 2. The van der Waals surface area contributed by atoms with Crippen molar-refractivity contribution in [1.29, 1.82) is 0 Å². The van der Waals surface area contributed by atoms with Gasteiger partial charge in [0.15, 0.2) is 10.3 Å². The van der Waals surface area contributed by atoms with Crippen LogP contribution in [0.3, 0.4) is 0 Å². The van der Waals surface area contributed by atoms with Crippen LogP contribution in [-0.2, 0) is 22.4 Å². The number of carbonyl (C=O) groups is 2. The third-order valence-electron chi connectivity index (χ3n) is 5.91. The highest BCUT2D eigenvalue weighted by atomic mass is 32.2. The number of rotatable bonds is 13. The molecule has 0 aliphatic rings. The molecule has 12 heteroatoms. The van der Waals surface area contributed by atoms with Crippen molar-refractivity contribution in [3.63, 3.8) is 0 Å². The number of thioether (sulfide) groups is 2. The van der Waals surface area contributed by atoms with Crippen molar-refractivity contribution in [2.45, 2.75) is 49.8 Å². The van der Waals surface area contributed by atoms with Crippen LogP contribution in [0.2, 0.25) is 0 Å². The molecule has 0 bridgehead atoms. The zero-order valence-corrected chi connectivity index (χ0v) is 25.0. The lowest BCUT2D eigenvalue weighted by atomic mass is 10.0. The summed E-state index contributed by atoms with van der Waals surface area (Å²) in [6.45, 7) is 4.04. The molecular formula is C30H32N6O4S2. The van der Waals surface area contributed by atoms with Gasteiger partial charge in [0.25, 0.3) is 11.1 Å². The first-order chi connectivity index (χ1) is 20.3. The zero-order chi connectivity index (χ0) is 29.9. The molecule has 42 heavy (non-hydrogen) atoms. The predicted molar refractivity (Wildman–Crippen MR) is 168 cm³/mol.